The SMILES string of the molecule is CC(C)CC(=O)NCc1cn2cc(C(F)(F)F)ccc2n1. The highest BCUT2D eigenvalue weighted by Crippen LogP contribution is 2.29. The number of fused-ring (bicyclic) bond motifs is 1. The topological polar surface area (TPSA) is 46.4 Å². The maximum absolute atomic E-state index is 12.6. The van der Waals surface area contributed by atoms with Crippen LogP contribution in [0.25, 0.3) is 5.65 Å². The van der Waals surface area contributed by atoms with Crippen LogP contribution >= 0.6 is 0 Å². The van der Waals surface area contributed by atoms with E-state index in [4.69, 9.17) is 0 Å². The number of hydrogen-bond acceptors (Lipinski definition) is 2. The highest BCUT2D eigenvalue weighted by molar-refractivity contribution is 5.76. The van der Waals surface area contributed by atoms with Crippen LogP contribution in [0.3, 0.4) is 0 Å². The number of imidazole rings is 1. The minimum atomic E-state index is -4.38. The molecule has 0 bridgehead atoms. The third kappa shape index (κ3) is 3.96. The van der Waals surface area contributed by atoms with Gasteiger partial charge >= 0.3 is 6.18 Å². The molecule has 2 aromatic heterocycles. The molecule has 0 aliphatic rings. The quantitative estimate of drug-likeness (QED) is 0.943. The van der Waals surface area contributed by atoms with E-state index in [-0.39, 0.29) is 18.4 Å². The molecule has 2 aromatic rings. The summed E-state index contributed by atoms with van der Waals surface area (Å²) < 4.78 is 39.1. The predicted octanol–water partition coefficient (Wildman–Crippen LogP) is 3.02. The number of carbonyl (C=O) groups is 1. The zero-order valence-corrected chi connectivity index (χ0v) is 11.7. The van der Waals surface area contributed by atoms with Crippen LogP contribution in [0.5, 0.6) is 0 Å². The second kappa shape index (κ2) is 5.75. The average Bonchev–Trinajstić information content (AvgIpc) is 2.76. The largest absolute Gasteiger partial charge is 0.417 e. The summed E-state index contributed by atoms with van der Waals surface area (Å²) in [5.41, 5.74) is 0.199. The van der Waals surface area contributed by atoms with E-state index in [1.54, 1.807) is 0 Å². The third-order valence-corrected chi connectivity index (χ3v) is 2.89. The highest BCUT2D eigenvalue weighted by atomic mass is 19.4. The Morgan fingerprint density at radius 3 is 2.67 bits per heavy atom. The summed E-state index contributed by atoms with van der Waals surface area (Å²) in [5.74, 6) is 0.151. The second-order valence-electron chi connectivity index (χ2n) is 5.29. The molecule has 0 fully saturated rings. The molecule has 1 N–H and O–H groups in total. The maximum atomic E-state index is 12.6. The van der Waals surface area contributed by atoms with Crippen LogP contribution in [0.1, 0.15) is 31.5 Å². The number of hydrogen-bond donors (Lipinski definition) is 1. The molecule has 0 spiro atoms. The molecular formula is C14H16F3N3O. The Bertz CT molecular complexity index is 646. The summed E-state index contributed by atoms with van der Waals surface area (Å²) in [4.78, 5) is 15.7. The lowest BCUT2D eigenvalue weighted by Gasteiger charge is -2.05. The lowest BCUT2D eigenvalue weighted by molar-refractivity contribution is -0.137. The molecule has 0 aliphatic carbocycles. The summed E-state index contributed by atoms with van der Waals surface area (Å²) in [6.45, 7) is 4.07. The Morgan fingerprint density at radius 2 is 2.05 bits per heavy atom. The monoisotopic (exact) mass is 299 g/mol. The van der Waals surface area contributed by atoms with Gasteiger partial charge in [-0.2, -0.15) is 13.2 Å². The zero-order chi connectivity index (χ0) is 15.6. The van der Waals surface area contributed by atoms with Crippen molar-refractivity contribution in [1.29, 1.82) is 0 Å². The molecule has 0 aliphatic heterocycles. The zero-order valence-electron chi connectivity index (χ0n) is 11.7. The van der Waals surface area contributed by atoms with E-state index in [1.165, 1.54) is 16.7 Å². The van der Waals surface area contributed by atoms with Crippen LogP contribution in [0.4, 0.5) is 13.2 Å². The summed E-state index contributed by atoms with van der Waals surface area (Å²) in [5, 5.41) is 2.70. The molecule has 0 unspecified atom stereocenters. The molecule has 0 aromatic carbocycles. The number of pyridine rings is 1. The molecule has 0 radical (unpaired) electrons. The molecule has 4 nitrogen and oxygen atoms in total. The van der Waals surface area contributed by atoms with Crippen molar-refractivity contribution in [3.05, 3.63) is 35.8 Å². The first-order valence-corrected chi connectivity index (χ1v) is 6.57. The minimum absolute atomic E-state index is 0.0990. The number of alkyl halides is 3. The third-order valence-electron chi connectivity index (χ3n) is 2.89. The predicted molar refractivity (Wildman–Crippen MR) is 71.5 cm³/mol. The Kier molecular flexibility index (Phi) is 4.20. The fourth-order valence-electron chi connectivity index (χ4n) is 1.93. The molecule has 0 atom stereocenters. The molecule has 2 heterocycles. The molecule has 2 rings (SSSR count). The van der Waals surface area contributed by atoms with Crippen LogP contribution in [0, 0.1) is 5.92 Å². The number of aromatic nitrogens is 2. The first kappa shape index (κ1) is 15.3. The number of carbonyl (C=O) groups excluding carboxylic acids is 1. The van der Waals surface area contributed by atoms with Gasteiger partial charge in [-0.15, -0.1) is 0 Å². The fourth-order valence-corrected chi connectivity index (χ4v) is 1.93. The molecular weight excluding hydrogens is 283 g/mol. The number of rotatable bonds is 4. The van der Waals surface area contributed by atoms with Gasteiger partial charge in [-0.25, -0.2) is 4.98 Å². The number of halogens is 3. The van der Waals surface area contributed by atoms with Gasteiger partial charge in [0.05, 0.1) is 17.8 Å². The van der Waals surface area contributed by atoms with Crippen molar-refractivity contribution in [1.82, 2.24) is 14.7 Å². The van der Waals surface area contributed by atoms with Crippen molar-refractivity contribution < 1.29 is 18.0 Å². The van der Waals surface area contributed by atoms with Gasteiger partial charge in [0.2, 0.25) is 5.91 Å². The molecule has 7 heteroatoms. The average molecular weight is 299 g/mol. The van der Waals surface area contributed by atoms with Gasteiger partial charge in [-0.05, 0) is 18.1 Å². The Hall–Kier alpha value is -2.05. The number of nitrogens with one attached hydrogen (secondary N) is 1. The standard InChI is InChI=1S/C14H16F3N3O/c1-9(2)5-13(21)18-6-11-8-20-7-10(14(15,16)17)3-4-12(20)19-11/h3-4,7-9H,5-6H2,1-2H3,(H,18,21). The first-order chi connectivity index (χ1) is 9.75. The summed E-state index contributed by atoms with van der Waals surface area (Å²) in [6, 6.07) is 2.30. The fraction of sp³-hybridized carbons (Fsp3) is 0.429. The Balaban J connectivity index is 2.10. The minimum Gasteiger partial charge on any atom is -0.350 e. The molecule has 0 saturated carbocycles. The lowest BCUT2D eigenvalue weighted by Crippen LogP contribution is -2.24. The number of amides is 1. The lowest BCUT2D eigenvalue weighted by atomic mass is 10.1. The van der Waals surface area contributed by atoms with Crippen molar-refractivity contribution in [2.75, 3.05) is 0 Å². The van der Waals surface area contributed by atoms with E-state index in [1.807, 2.05) is 13.8 Å². The van der Waals surface area contributed by atoms with Crippen LogP contribution in [0.15, 0.2) is 24.5 Å². The molecule has 1 amide bonds. The van der Waals surface area contributed by atoms with Gasteiger partial charge in [0.15, 0.2) is 0 Å². The number of nitrogens with zero attached hydrogens (tertiary/aromatic N) is 2. The van der Waals surface area contributed by atoms with Crippen LogP contribution in [0.2, 0.25) is 0 Å². The Morgan fingerprint density at radius 1 is 1.33 bits per heavy atom. The smallest absolute Gasteiger partial charge is 0.350 e. The molecule has 0 saturated heterocycles. The van der Waals surface area contributed by atoms with E-state index >= 15 is 0 Å². The van der Waals surface area contributed by atoms with E-state index in [9.17, 15) is 18.0 Å². The Labute approximate surface area is 120 Å². The van der Waals surface area contributed by atoms with Crippen molar-refractivity contribution in [2.24, 2.45) is 5.92 Å². The molecule has 21 heavy (non-hydrogen) atoms. The van der Waals surface area contributed by atoms with E-state index < -0.39 is 11.7 Å². The van der Waals surface area contributed by atoms with Crippen molar-refractivity contribution >= 4 is 11.6 Å². The van der Waals surface area contributed by atoms with Gasteiger partial charge in [0.25, 0.3) is 0 Å². The van der Waals surface area contributed by atoms with Gasteiger partial charge in [0, 0.05) is 18.8 Å². The van der Waals surface area contributed by atoms with Gasteiger partial charge < -0.3 is 9.72 Å². The summed E-state index contributed by atoms with van der Waals surface area (Å²) >= 11 is 0. The van der Waals surface area contributed by atoms with Gasteiger partial charge in [-0.1, -0.05) is 13.8 Å². The van der Waals surface area contributed by atoms with E-state index in [0.717, 1.165) is 12.3 Å². The van der Waals surface area contributed by atoms with Crippen LogP contribution < -0.4 is 5.32 Å². The van der Waals surface area contributed by atoms with Crippen molar-refractivity contribution in [3.8, 4) is 0 Å². The first-order valence-electron chi connectivity index (χ1n) is 6.57. The van der Waals surface area contributed by atoms with Gasteiger partial charge in [0.1, 0.15) is 5.65 Å². The molecule has 114 valence electrons. The maximum Gasteiger partial charge on any atom is 0.417 e. The van der Waals surface area contributed by atoms with E-state index in [2.05, 4.69) is 10.3 Å². The summed E-state index contributed by atoms with van der Waals surface area (Å²) in [6.07, 6.45) is -1.50. The van der Waals surface area contributed by atoms with Gasteiger partial charge in [-0.3, -0.25) is 4.79 Å². The van der Waals surface area contributed by atoms with Crippen LogP contribution in [-0.4, -0.2) is 15.3 Å². The second-order valence-corrected chi connectivity index (χ2v) is 5.29. The van der Waals surface area contributed by atoms with Crippen molar-refractivity contribution in [2.45, 2.75) is 33.0 Å². The van der Waals surface area contributed by atoms with Crippen LogP contribution in [-0.2, 0) is 17.5 Å². The van der Waals surface area contributed by atoms with Crippen molar-refractivity contribution in [3.63, 3.8) is 0 Å². The normalized spacial score (nSPS) is 12.1. The summed E-state index contributed by atoms with van der Waals surface area (Å²) in [7, 11) is 0. The highest BCUT2D eigenvalue weighted by Gasteiger charge is 2.30. The van der Waals surface area contributed by atoms with E-state index in [0.29, 0.717) is 17.8 Å².